The number of benzene rings is 4. The molecule has 1 aliphatic rings. The van der Waals surface area contributed by atoms with Crippen LogP contribution in [0.25, 0.3) is 23.3 Å². The average Bonchev–Trinajstić information content (AvgIpc) is 3.32. The van der Waals surface area contributed by atoms with Crippen molar-refractivity contribution in [3.05, 3.63) is 131 Å². The predicted octanol–water partition coefficient (Wildman–Crippen LogP) is 11.9. The Hall–Kier alpha value is -4.04. The molecule has 1 aliphatic carbocycles. The topological polar surface area (TPSA) is 18.5 Å². The Labute approximate surface area is 271 Å². The number of fused-ring (bicyclic) bond motifs is 3. The lowest BCUT2D eigenvalue weighted by atomic mass is 9.70. The first kappa shape index (κ1) is 32.4. The zero-order chi connectivity index (χ0) is 31.5. The van der Waals surface area contributed by atoms with Crippen LogP contribution in [0.2, 0.25) is 0 Å². The largest absolute Gasteiger partial charge is 0.494 e. The van der Waals surface area contributed by atoms with Crippen molar-refractivity contribution >= 4 is 12.2 Å². The monoisotopic (exact) mass is 598 g/mol. The van der Waals surface area contributed by atoms with Crippen molar-refractivity contribution in [2.45, 2.75) is 83.5 Å². The maximum absolute atomic E-state index is 6.01. The summed E-state index contributed by atoms with van der Waals surface area (Å²) in [6, 6.07) is 30.7. The summed E-state index contributed by atoms with van der Waals surface area (Å²) in [4.78, 5) is 0. The first-order valence-electron chi connectivity index (χ1n) is 17.0. The number of ether oxygens (including phenoxy) is 2. The van der Waals surface area contributed by atoms with E-state index in [0.29, 0.717) is 0 Å². The van der Waals surface area contributed by atoms with Crippen LogP contribution in [0, 0.1) is 13.8 Å². The summed E-state index contributed by atoms with van der Waals surface area (Å²) in [5.74, 6) is 1.89. The molecule has 5 rings (SSSR count). The van der Waals surface area contributed by atoms with Crippen molar-refractivity contribution in [2.24, 2.45) is 0 Å². The minimum atomic E-state index is 0.0928. The van der Waals surface area contributed by atoms with Crippen LogP contribution in [-0.2, 0) is 5.41 Å². The summed E-state index contributed by atoms with van der Waals surface area (Å²) in [7, 11) is 0. The van der Waals surface area contributed by atoms with Gasteiger partial charge in [0, 0.05) is 5.41 Å². The van der Waals surface area contributed by atoms with E-state index in [1.807, 2.05) is 36.4 Å². The van der Waals surface area contributed by atoms with E-state index in [1.54, 1.807) is 11.1 Å². The number of hydrogen-bond acceptors (Lipinski definition) is 2. The van der Waals surface area contributed by atoms with E-state index in [4.69, 9.17) is 9.47 Å². The summed E-state index contributed by atoms with van der Waals surface area (Å²) in [5, 5.41) is 0. The highest BCUT2D eigenvalue weighted by Gasteiger charge is 2.42. The first-order chi connectivity index (χ1) is 22.0. The highest BCUT2D eigenvalue weighted by atomic mass is 16.5. The molecule has 0 heterocycles. The van der Waals surface area contributed by atoms with Crippen molar-refractivity contribution in [1.82, 2.24) is 0 Å². The van der Waals surface area contributed by atoms with Gasteiger partial charge in [-0.1, -0.05) is 136 Å². The van der Waals surface area contributed by atoms with Crippen molar-refractivity contribution < 1.29 is 9.47 Å². The van der Waals surface area contributed by atoms with Gasteiger partial charge < -0.3 is 9.47 Å². The molecule has 2 nitrogen and oxygen atoms in total. The number of hydrogen-bond donors (Lipinski definition) is 0. The van der Waals surface area contributed by atoms with E-state index in [1.165, 1.54) is 73.6 Å². The van der Waals surface area contributed by atoms with Gasteiger partial charge in [-0.2, -0.15) is 0 Å². The molecule has 45 heavy (non-hydrogen) atoms. The Balaban J connectivity index is 1.17. The molecule has 4 aromatic carbocycles. The summed E-state index contributed by atoms with van der Waals surface area (Å²) in [6.45, 7) is 13.7. The van der Waals surface area contributed by atoms with Crippen LogP contribution in [0.15, 0.2) is 98.1 Å². The van der Waals surface area contributed by atoms with Crippen LogP contribution in [0.5, 0.6) is 11.5 Å². The second kappa shape index (κ2) is 15.8. The van der Waals surface area contributed by atoms with Gasteiger partial charge in [0.15, 0.2) is 0 Å². The molecule has 2 heteroatoms. The van der Waals surface area contributed by atoms with E-state index in [-0.39, 0.29) is 5.41 Å². The summed E-state index contributed by atoms with van der Waals surface area (Å²) >= 11 is 0. The number of unbranched alkanes of at least 4 members (excludes halogenated alkanes) is 6. The van der Waals surface area contributed by atoms with E-state index in [2.05, 4.69) is 87.7 Å². The first-order valence-corrected chi connectivity index (χ1v) is 17.0. The molecule has 0 bridgehead atoms. The predicted molar refractivity (Wildman–Crippen MR) is 192 cm³/mol. The Morgan fingerprint density at radius 3 is 1.31 bits per heavy atom. The lowest BCUT2D eigenvalue weighted by Crippen LogP contribution is -2.25. The fourth-order valence-electron chi connectivity index (χ4n) is 6.93. The summed E-state index contributed by atoms with van der Waals surface area (Å²) in [5.41, 5.74) is 11.1. The molecule has 0 saturated heterocycles. The second-order valence-corrected chi connectivity index (χ2v) is 12.8. The van der Waals surface area contributed by atoms with Crippen LogP contribution in [0.1, 0.15) is 97.6 Å². The van der Waals surface area contributed by atoms with Gasteiger partial charge in [-0.25, -0.2) is 0 Å². The van der Waals surface area contributed by atoms with Crippen LogP contribution >= 0.6 is 0 Å². The van der Waals surface area contributed by atoms with Crippen molar-refractivity contribution in [3.63, 3.8) is 0 Å². The van der Waals surface area contributed by atoms with Gasteiger partial charge in [0.25, 0.3) is 0 Å². The minimum Gasteiger partial charge on any atom is -0.494 e. The SMILES string of the molecule is C=Cc1ccc(OCCCCCCC2(CCCCCCOc3ccc(C=C)cc3)c3cc(C)ccc3-c3ccc(C)cc32)cc1. The fourth-order valence-corrected chi connectivity index (χ4v) is 6.93. The average molecular weight is 599 g/mol. The van der Waals surface area contributed by atoms with Gasteiger partial charge in [-0.15, -0.1) is 0 Å². The normalized spacial score (nSPS) is 12.8. The quantitative estimate of drug-likeness (QED) is 0.106. The lowest BCUT2D eigenvalue weighted by Gasteiger charge is -2.33. The number of aryl methyl sites for hydroxylation is 2. The van der Waals surface area contributed by atoms with Gasteiger partial charge in [0.1, 0.15) is 11.5 Å². The minimum absolute atomic E-state index is 0.0928. The third-order valence-electron chi connectivity index (χ3n) is 9.44. The van der Waals surface area contributed by atoms with E-state index >= 15 is 0 Å². The van der Waals surface area contributed by atoms with Crippen molar-refractivity contribution in [3.8, 4) is 22.6 Å². The lowest BCUT2D eigenvalue weighted by molar-refractivity contribution is 0.300. The van der Waals surface area contributed by atoms with Gasteiger partial charge in [-0.05, 0) is 97.2 Å². The molecule has 0 fully saturated rings. The van der Waals surface area contributed by atoms with Gasteiger partial charge in [-0.3, -0.25) is 0 Å². The molecule has 0 spiro atoms. The molecule has 234 valence electrons. The molecule has 0 radical (unpaired) electrons. The summed E-state index contributed by atoms with van der Waals surface area (Å²) < 4.78 is 12.0. The van der Waals surface area contributed by atoms with E-state index < -0.39 is 0 Å². The number of rotatable bonds is 18. The maximum Gasteiger partial charge on any atom is 0.119 e. The van der Waals surface area contributed by atoms with Crippen LogP contribution in [-0.4, -0.2) is 13.2 Å². The Bertz CT molecular complexity index is 1430. The third-order valence-corrected chi connectivity index (χ3v) is 9.44. The highest BCUT2D eigenvalue weighted by Crippen LogP contribution is 2.54. The van der Waals surface area contributed by atoms with Crippen molar-refractivity contribution in [2.75, 3.05) is 13.2 Å². The van der Waals surface area contributed by atoms with Crippen LogP contribution in [0.4, 0.5) is 0 Å². The Kier molecular flexibility index (Phi) is 11.4. The van der Waals surface area contributed by atoms with E-state index in [9.17, 15) is 0 Å². The van der Waals surface area contributed by atoms with Gasteiger partial charge >= 0.3 is 0 Å². The zero-order valence-electron chi connectivity index (χ0n) is 27.5. The molecular formula is C43H50O2. The molecule has 0 aliphatic heterocycles. The third kappa shape index (κ3) is 8.17. The molecule has 0 aromatic heterocycles. The molecule has 4 aromatic rings. The Morgan fingerprint density at radius 1 is 0.511 bits per heavy atom. The molecule has 0 saturated carbocycles. The van der Waals surface area contributed by atoms with Crippen LogP contribution < -0.4 is 9.47 Å². The fraction of sp³-hybridized carbons (Fsp3) is 0.349. The van der Waals surface area contributed by atoms with Gasteiger partial charge in [0.05, 0.1) is 13.2 Å². The second-order valence-electron chi connectivity index (χ2n) is 12.8. The molecule has 0 N–H and O–H groups in total. The van der Waals surface area contributed by atoms with Gasteiger partial charge in [0.2, 0.25) is 0 Å². The molecule has 0 amide bonds. The van der Waals surface area contributed by atoms with Crippen molar-refractivity contribution in [1.29, 1.82) is 0 Å². The smallest absolute Gasteiger partial charge is 0.119 e. The van der Waals surface area contributed by atoms with E-state index in [0.717, 1.165) is 48.7 Å². The molecular weight excluding hydrogens is 548 g/mol. The Morgan fingerprint density at radius 2 is 0.911 bits per heavy atom. The highest BCUT2D eigenvalue weighted by molar-refractivity contribution is 5.81. The summed E-state index contributed by atoms with van der Waals surface area (Å²) in [6.07, 6.45) is 15.6. The standard InChI is InChI=1S/C43H50O2/c1-5-35-17-21-37(22-18-35)44-29-13-9-7-11-27-43(28-12-8-10-14-30-45-38-23-19-36(6-2)20-24-38)41-31-33(3)15-25-39(41)40-26-16-34(4)32-42(40)43/h5-6,15-26,31-32H,1-2,7-14,27-30H2,3-4H3. The molecule has 0 atom stereocenters. The zero-order valence-corrected chi connectivity index (χ0v) is 27.5. The van der Waals surface area contributed by atoms with Crippen LogP contribution in [0.3, 0.4) is 0 Å². The maximum atomic E-state index is 6.01. The molecule has 0 unspecified atom stereocenters.